The molecule has 1 fully saturated rings. The zero-order valence-electron chi connectivity index (χ0n) is 18.7. The van der Waals surface area contributed by atoms with E-state index in [1.807, 2.05) is 18.2 Å². The highest BCUT2D eigenvalue weighted by Gasteiger charge is 2.20. The van der Waals surface area contributed by atoms with E-state index in [4.69, 9.17) is 4.74 Å². The number of anilines is 1. The van der Waals surface area contributed by atoms with Gasteiger partial charge in [0.1, 0.15) is 17.4 Å². The van der Waals surface area contributed by atoms with Gasteiger partial charge in [0.25, 0.3) is 0 Å². The van der Waals surface area contributed by atoms with Gasteiger partial charge in [-0.05, 0) is 66.7 Å². The molecule has 0 unspecified atom stereocenters. The van der Waals surface area contributed by atoms with Crippen LogP contribution in [0.3, 0.4) is 0 Å². The van der Waals surface area contributed by atoms with Gasteiger partial charge in [0.05, 0.1) is 7.11 Å². The number of halogens is 2. The van der Waals surface area contributed by atoms with Crippen molar-refractivity contribution in [3.05, 3.63) is 89.5 Å². The van der Waals surface area contributed by atoms with Gasteiger partial charge in [-0.25, -0.2) is 8.78 Å². The molecule has 6 heteroatoms. The molecule has 4 rings (SSSR count). The third-order valence-electron chi connectivity index (χ3n) is 5.91. The zero-order valence-corrected chi connectivity index (χ0v) is 18.7. The molecule has 3 aromatic rings. The van der Waals surface area contributed by atoms with Crippen LogP contribution in [0, 0.1) is 11.6 Å². The molecule has 0 bridgehead atoms. The molecule has 0 N–H and O–H groups in total. The van der Waals surface area contributed by atoms with Crippen molar-refractivity contribution in [3.63, 3.8) is 0 Å². The zero-order chi connectivity index (χ0) is 23.4. The number of carbonyl (C=O) groups is 1. The Hall–Kier alpha value is -3.51. The largest absolute Gasteiger partial charge is 0.497 e. The van der Waals surface area contributed by atoms with Crippen LogP contribution in [0.25, 0.3) is 17.2 Å². The van der Waals surface area contributed by atoms with Gasteiger partial charge in [0.2, 0.25) is 0 Å². The average Bonchev–Trinajstić information content (AvgIpc) is 2.83. The number of rotatable bonds is 6. The number of nitrogens with zero attached hydrogens (tertiary/aromatic N) is 2. The van der Waals surface area contributed by atoms with E-state index in [0.717, 1.165) is 43.0 Å². The number of piperazine rings is 1. The van der Waals surface area contributed by atoms with Crippen LogP contribution in [0.4, 0.5) is 14.5 Å². The highest BCUT2D eigenvalue weighted by atomic mass is 19.1. The van der Waals surface area contributed by atoms with Crippen LogP contribution in [0.1, 0.15) is 15.9 Å². The predicted molar refractivity (Wildman–Crippen MR) is 128 cm³/mol. The van der Waals surface area contributed by atoms with Crippen molar-refractivity contribution in [2.24, 2.45) is 0 Å². The minimum absolute atomic E-state index is 0.219. The molecule has 1 saturated heterocycles. The lowest BCUT2D eigenvalue weighted by Crippen LogP contribution is -2.45. The number of ether oxygens (including phenoxy) is 1. The number of hydrogen-bond acceptors (Lipinski definition) is 4. The van der Waals surface area contributed by atoms with Crippen LogP contribution < -0.4 is 9.64 Å². The molecule has 3 aromatic carbocycles. The van der Waals surface area contributed by atoms with Gasteiger partial charge in [-0.3, -0.25) is 4.79 Å². The fourth-order valence-electron chi connectivity index (χ4n) is 3.90. The van der Waals surface area contributed by atoms with Gasteiger partial charge in [0.15, 0.2) is 5.78 Å². The molecule has 0 atom stereocenters. The normalized spacial score (nSPS) is 14.6. The lowest BCUT2D eigenvalue weighted by atomic mass is 9.98. The van der Waals surface area contributed by atoms with Crippen LogP contribution >= 0.6 is 0 Å². The number of carbonyl (C=O) groups excluding carboxylic acids is 1. The van der Waals surface area contributed by atoms with E-state index in [1.54, 1.807) is 24.3 Å². The Kier molecular flexibility index (Phi) is 6.84. The van der Waals surface area contributed by atoms with E-state index >= 15 is 0 Å². The van der Waals surface area contributed by atoms with Crippen LogP contribution in [0.2, 0.25) is 0 Å². The number of likely N-dealkylation sites (N-methyl/N-ethyl adjacent to an activating group) is 1. The highest BCUT2D eigenvalue weighted by Crippen LogP contribution is 2.30. The second kappa shape index (κ2) is 9.96. The van der Waals surface area contributed by atoms with Gasteiger partial charge in [-0.15, -0.1) is 0 Å². The van der Waals surface area contributed by atoms with Crippen molar-refractivity contribution < 1.29 is 18.3 Å². The minimum atomic E-state index is -0.460. The fraction of sp³-hybridized carbons (Fsp3) is 0.222. The number of ketones is 1. The molecule has 1 aliphatic heterocycles. The lowest BCUT2D eigenvalue weighted by Gasteiger charge is -2.35. The molecule has 0 radical (unpaired) electrons. The Morgan fingerprint density at radius 3 is 2.27 bits per heavy atom. The monoisotopic (exact) mass is 448 g/mol. The van der Waals surface area contributed by atoms with Gasteiger partial charge in [-0.1, -0.05) is 18.2 Å². The third kappa shape index (κ3) is 5.29. The summed E-state index contributed by atoms with van der Waals surface area (Å²) in [6.07, 6.45) is 2.88. The maximum Gasteiger partial charge on any atom is 0.187 e. The fourth-order valence-corrected chi connectivity index (χ4v) is 3.90. The first kappa shape index (κ1) is 22.7. The molecule has 1 aliphatic rings. The first-order chi connectivity index (χ1) is 15.9. The topological polar surface area (TPSA) is 32.8 Å². The average molecular weight is 449 g/mol. The first-order valence-corrected chi connectivity index (χ1v) is 10.8. The summed E-state index contributed by atoms with van der Waals surface area (Å²) in [5, 5.41) is 0. The van der Waals surface area contributed by atoms with Crippen LogP contribution in [0.15, 0.2) is 66.7 Å². The van der Waals surface area contributed by atoms with Gasteiger partial charge < -0.3 is 14.5 Å². The molecule has 33 heavy (non-hydrogen) atoms. The Morgan fingerprint density at radius 1 is 0.909 bits per heavy atom. The predicted octanol–water partition coefficient (Wildman–Crippen LogP) is 5.29. The van der Waals surface area contributed by atoms with Crippen molar-refractivity contribution in [2.75, 3.05) is 45.2 Å². The van der Waals surface area contributed by atoms with E-state index in [1.165, 1.54) is 37.5 Å². The molecular weight excluding hydrogens is 422 g/mol. The summed E-state index contributed by atoms with van der Waals surface area (Å²) in [6.45, 7) is 3.42. The summed E-state index contributed by atoms with van der Waals surface area (Å²) >= 11 is 0. The number of hydrogen-bond donors (Lipinski definition) is 0. The van der Waals surface area contributed by atoms with Gasteiger partial charge in [-0.2, -0.15) is 0 Å². The second-order valence-electron chi connectivity index (χ2n) is 8.11. The summed E-state index contributed by atoms with van der Waals surface area (Å²) in [4.78, 5) is 17.7. The molecule has 0 aromatic heterocycles. The molecule has 0 amide bonds. The lowest BCUT2D eigenvalue weighted by molar-refractivity contribution is 0.104. The molecule has 4 nitrogen and oxygen atoms in total. The molecule has 0 saturated carbocycles. The van der Waals surface area contributed by atoms with Crippen molar-refractivity contribution in [1.82, 2.24) is 4.90 Å². The SMILES string of the molecule is COc1ccc(/C=C/C(=O)c2cc(-c3ccc(F)cc3)ccc2N2CCN(C)CC2)c(F)c1. The summed E-state index contributed by atoms with van der Waals surface area (Å²) in [6, 6.07) is 16.4. The minimum Gasteiger partial charge on any atom is -0.497 e. The quantitative estimate of drug-likeness (QED) is 0.379. The van der Waals surface area contributed by atoms with Gasteiger partial charge >= 0.3 is 0 Å². The summed E-state index contributed by atoms with van der Waals surface area (Å²) in [5.74, 6) is -0.574. The van der Waals surface area contributed by atoms with Crippen molar-refractivity contribution in [3.8, 4) is 16.9 Å². The Labute approximate surface area is 192 Å². The maximum atomic E-state index is 14.3. The summed E-state index contributed by atoms with van der Waals surface area (Å²) in [7, 11) is 3.55. The molecular formula is C27H26F2N2O2. The van der Waals surface area contributed by atoms with E-state index in [2.05, 4.69) is 16.8 Å². The third-order valence-corrected chi connectivity index (χ3v) is 5.91. The van der Waals surface area contributed by atoms with Crippen LogP contribution in [-0.4, -0.2) is 51.0 Å². The standard InChI is InChI=1S/C27H26F2N2O2/c1-30-13-15-31(16-14-30)26-11-6-21(19-3-8-22(28)9-4-19)17-24(26)27(32)12-7-20-5-10-23(33-2)18-25(20)29/h3-12,17-18H,13-16H2,1-2H3/b12-7+. The molecule has 0 spiro atoms. The van der Waals surface area contributed by atoms with E-state index in [9.17, 15) is 13.6 Å². The summed E-state index contributed by atoms with van der Waals surface area (Å²) < 4.78 is 32.7. The Balaban J connectivity index is 1.69. The Morgan fingerprint density at radius 2 is 1.61 bits per heavy atom. The maximum absolute atomic E-state index is 14.3. The first-order valence-electron chi connectivity index (χ1n) is 10.8. The van der Waals surface area contributed by atoms with E-state index < -0.39 is 5.82 Å². The molecule has 1 heterocycles. The Bertz CT molecular complexity index is 1170. The number of benzene rings is 3. The van der Waals surface area contributed by atoms with E-state index in [-0.39, 0.29) is 11.6 Å². The van der Waals surface area contributed by atoms with Crippen LogP contribution in [0.5, 0.6) is 5.75 Å². The number of methoxy groups -OCH3 is 1. The smallest absolute Gasteiger partial charge is 0.187 e. The molecule has 170 valence electrons. The van der Waals surface area contributed by atoms with Crippen molar-refractivity contribution in [2.45, 2.75) is 0 Å². The second-order valence-corrected chi connectivity index (χ2v) is 8.11. The highest BCUT2D eigenvalue weighted by molar-refractivity contribution is 6.11. The summed E-state index contributed by atoms with van der Waals surface area (Å²) in [5.41, 5.74) is 3.33. The molecule has 0 aliphatic carbocycles. The number of allylic oxidation sites excluding steroid dienone is 1. The van der Waals surface area contributed by atoms with E-state index in [0.29, 0.717) is 16.9 Å². The van der Waals surface area contributed by atoms with Crippen LogP contribution in [-0.2, 0) is 0 Å². The van der Waals surface area contributed by atoms with Crippen molar-refractivity contribution in [1.29, 1.82) is 0 Å². The van der Waals surface area contributed by atoms with Crippen molar-refractivity contribution >= 4 is 17.5 Å². The van der Waals surface area contributed by atoms with Gasteiger partial charge in [0, 0.05) is 49.1 Å².